The Labute approximate surface area is 155 Å². The van der Waals surface area contributed by atoms with Gasteiger partial charge in [-0.25, -0.2) is 15.0 Å². The Morgan fingerprint density at radius 2 is 1.48 bits per heavy atom. The summed E-state index contributed by atoms with van der Waals surface area (Å²) in [5.41, 5.74) is 4.84. The first kappa shape index (κ1) is 15.5. The summed E-state index contributed by atoms with van der Waals surface area (Å²) in [6, 6.07) is 9.66. The fourth-order valence-corrected chi connectivity index (χ4v) is 2.51. The molecule has 2 N–H and O–H groups in total. The van der Waals surface area contributed by atoms with Crippen molar-refractivity contribution in [2.24, 2.45) is 4.99 Å². The van der Waals surface area contributed by atoms with Crippen LogP contribution in [-0.4, -0.2) is 41.3 Å². The van der Waals surface area contributed by atoms with Crippen molar-refractivity contribution in [3.05, 3.63) is 47.4 Å². The SMILES string of the molecule is C1=Cc2cc3nnc(nc4nc(cc5ccc(cc1n2)[nH]5)C=N4)[nH]3.[Pt]. The maximum Gasteiger partial charge on any atom is 0.253 e. The predicted molar refractivity (Wildman–Crippen MR) is 90.6 cm³/mol. The molecule has 0 aromatic carbocycles. The second-order valence-corrected chi connectivity index (χ2v) is 5.34. The van der Waals surface area contributed by atoms with Crippen LogP contribution in [0.1, 0.15) is 17.1 Å². The molecule has 0 fully saturated rings. The van der Waals surface area contributed by atoms with Crippen LogP contribution < -0.4 is 0 Å². The first-order chi connectivity index (χ1) is 11.8. The molecule has 9 heteroatoms. The van der Waals surface area contributed by atoms with E-state index in [4.69, 9.17) is 0 Å². The van der Waals surface area contributed by atoms with Crippen LogP contribution in [0.15, 0.2) is 35.3 Å². The number of aromatic amines is 2. The van der Waals surface area contributed by atoms with Crippen LogP contribution in [0, 0.1) is 0 Å². The molecule has 124 valence electrons. The van der Waals surface area contributed by atoms with Gasteiger partial charge in [-0.1, -0.05) is 0 Å². The van der Waals surface area contributed by atoms with Gasteiger partial charge < -0.3 is 9.97 Å². The molecule has 5 heterocycles. The van der Waals surface area contributed by atoms with Crippen LogP contribution in [0.3, 0.4) is 0 Å². The Balaban J connectivity index is 0.00000157. The van der Waals surface area contributed by atoms with Crippen LogP contribution in [0.25, 0.3) is 34.6 Å². The molecule has 0 atom stereocenters. The van der Waals surface area contributed by atoms with Gasteiger partial charge in [-0.05, 0) is 36.4 Å². The van der Waals surface area contributed by atoms with Gasteiger partial charge >= 0.3 is 0 Å². The molecular weight excluding hydrogens is 499 g/mol. The first-order valence-electron chi connectivity index (χ1n) is 7.31. The minimum absolute atomic E-state index is 0. The molecule has 25 heavy (non-hydrogen) atoms. The van der Waals surface area contributed by atoms with Crippen molar-refractivity contribution in [1.82, 2.24) is 35.1 Å². The summed E-state index contributed by atoms with van der Waals surface area (Å²) >= 11 is 0. The second-order valence-electron chi connectivity index (χ2n) is 5.34. The predicted octanol–water partition coefficient (Wildman–Crippen LogP) is 2.42. The zero-order valence-electron chi connectivity index (χ0n) is 12.6. The minimum atomic E-state index is 0. The number of aliphatic imine (C=N–C) groups is 1. The van der Waals surface area contributed by atoms with E-state index in [1.165, 1.54) is 0 Å². The van der Waals surface area contributed by atoms with Crippen molar-refractivity contribution in [3.8, 4) is 0 Å². The van der Waals surface area contributed by atoms with Crippen molar-refractivity contribution in [2.75, 3.05) is 0 Å². The molecule has 0 radical (unpaired) electrons. The summed E-state index contributed by atoms with van der Waals surface area (Å²) in [6.07, 6.45) is 5.53. The molecule has 0 saturated heterocycles. The number of nitrogens with zero attached hydrogens (tertiary/aromatic N) is 6. The summed E-state index contributed by atoms with van der Waals surface area (Å²) in [5, 5.41) is 8.02. The van der Waals surface area contributed by atoms with Gasteiger partial charge in [0.15, 0.2) is 5.65 Å². The van der Waals surface area contributed by atoms with E-state index in [1.54, 1.807) is 12.3 Å². The summed E-state index contributed by atoms with van der Waals surface area (Å²) < 4.78 is 0. The van der Waals surface area contributed by atoms with Gasteiger partial charge in [0.25, 0.3) is 11.7 Å². The van der Waals surface area contributed by atoms with Gasteiger partial charge in [0.1, 0.15) is 0 Å². The molecule has 2 aliphatic rings. The summed E-state index contributed by atoms with van der Waals surface area (Å²) in [5.74, 6) is 0.689. The molecule has 0 amide bonds. The third-order valence-corrected chi connectivity index (χ3v) is 3.55. The van der Waals surface area contributed by atoms with E-state index in [0.717, 1.165) is 22.4 Å². The molecule has 5 rings (SSSR count). The maximum absolute atomic E-state index is 4.53. The van der Waals surface area contributed by atoms with Crippen LogP contribution in [0.2, 0.25) is 0 Å². The third kappa shape index (κ3) is 3.16. The summed E-state index contributed by atoms with van der Waals surface area (Å²) in [7, 11) is 0. The average molecular weight is 509 g/mol. The zero-order valence-corrected chi connectivity index (χ0v) is 14.9. The van der Waals surface area contributed by atoms with Crippen molar-refractivity contribution < 1.29 is 21.1 Å². The van der Waals surface area contributed by atoms with E-state index >= 15 is 0 Å². The first-order valence-corrected chi connectivity index (χ1v) is 7.31. The Morgan fingerprint density at radius 1 is 0.720 bits per heavy atom. The molecule has 8 nitrogen and oxygen atoms in total. The molecule has 3 aromatic heterocycles. The number of hydrogen-bond acceptors (Lipinski definition) is 6. The van der Waals surface area contributed by atoms with Crippen molar-refractivity contribution in [1.29, 1.82) is 0 Å². The Morgan fingerprint density at radius 3 is 2.32 bits per heavy atom. The van der Waals surface area contributed by atoms with Crippen molar-refractivity contribution >= 4 is 46.8 Å². The van der Waals surface area contributed by atoms with Crippen molar-refractivity contribution in [3.63, 3.8) is 0 Å². The molecule has 0 unspecified atom stereocenters. The van der Waals surface area contributed by atoms with E-state index in [-0.39, 0.29) is 21.1 Å². The Kier molecular flexibility index (Phi) is 3.81. The topological polar surface area (TPSA) is 108 Å². The standard InChI is InChI=1S/C16H10N8.Pt/c1-2-11-6-13-8-17-15(20-13)22-16-21-14(23-24-16)7-12-4-3-10(19-12)5-9(1)18-11;/h1-8,18H,(H,17,20,21,22,23,24);. The zero-order chi connectivity index (χ0) is 15.9. The van der Waals surface area contributed by atoms with Gasteiger partial charge in [-0.2, -0.15) is 4.98 Å². The molecule has 0 aliphatic carbocycles. The van der Waals surface area contributed by atoms with Crippen LogP contribution in [0.5, 0.6) is 0 Å². The Hall–Kier alpha value is -2.99. The number of aromatic nitrogens is 7. The van der Waals surface area contributed by atoms with E-state index < -0.39 is 0 Å². The number of hydrogen-bond donors (Lipinski definition) is 2. The maximum atomic E-state index is 4.53. The fourth-order valence-electron chi connectivity index (χ4n) is 2.51. The number of H-pyrrole nitrogens is 2. The largest absolute Gasteiger partial charge is 0.355 e. The summed E-state index contributed by atoms with van der Waals surface area (Å²) in [6.45, 7) is 0. The molecule has 8 bridgehead atoms. The molecule has 2 aliphatic heterocycles. The minimum Gasteiger partial charge on any atom is -0.355 e. The van der Waals surface area contributed by atoms with Crippen molar-refractivity contribution in [2.45, 2.75) is 0 Å². The smallest absolute Gasteiger partial charge is 0.253 e. The second kappa shape index (κ2) is 6.14. The summed E-state index contributed by atoms with van der Waals surface area (Å²) in [4.78, 5) is 23.6. The molecule has 0 saturated carbocycles. The quantitative estimate of drug-likeness (QED) is 0.334. The number of fused-ring (bicyclic) bond motifs is 8. The van der Waals surface area contributed by atoms with Crippen LogP contribution in [0.4, 0.5) is 5.95 Å². The van der Waals surface area contributed by atoms with Gasteiger partial charge in [-0.15, -0.1) is 10.2 Å². The van der Waals surface area contributed by atoms with E-state index in [0.29, 0.717) is 23.1 Å². The van der Waals surface area contributed by atoms with Crippen LogP contribution >= 0.6 is 0 Å². The van der Waals surface area contributed by atoms with Gasteiger partial charge in [0, 0.05) is 38.2 Å². The normalized spacial score (nSPS) is 12.2. The monoisotopic (exact) mass is 509 g/mol. The Bertz CT molecular complexity index is 997. The molecular formula is C16H10N8Pt. The number of rotatable bonds is 0. The van der Waals surface area contributed by atoms with Crippen LogP contribution in [-0.2, 0) is 21.1 Å². The molecule has 3 aromatic rings. The van der Waals surface area contributed by atoms with Gasteiger partial charge in [-0.3, -0.25) is 0 Å². The fraction of sp³-hybridized carbons (Fsp3) is 0. The third-order valence-electron chi connectivity index (χ3n) is 3.55. The van der Waals surface area contributed by atoms with E-state index in [9.17, 15) is 0 Å². The average Bonchev–Trinajstić information content (AvgIpc) is 3.32. The molecule has 0 spiro atoms. The van der Waals surface area contributed by atoms with Gasteiger partial charge in [0.05, 0.1) is 23.3 Å². The van der Waals surface area contributed by atoms with E-state index in [2.05, 4.69) is 40.1 Å². The van der Waals surface area contributed by atoms with E-state index in [1.807, 2.05) is 36.4 Å². The number of nitrogens with one attached hydrogen (secondary N) is 2. The van der Waals surface area contributed by atoms with Gasteiger partial charge in [0.2, 0.25) is 0 Å².